The van der Waals surface area contributed by atoms with E-state index in [9.17, 15) is 4.79 Å². The minimum Gasteiger partial charge on any atom is -0.362 e. The molecule has 7 nitrogen and oxygen atoms in total. The molecule has 1 heterocycles. The monoisotopic (exact) mass is 307 g/mol. The first kappa shape index (κ1) is 14.6. The van der Waals surface area contributed by atoms with Crippen LogP contribution in [0.25, 0.3) is 11.3 Å². The summed E-state index contributed by atoms with van der Waals surface area (Å²) in [5.74, 6) is -0.254. The Morgan fingerprint density at radius 3 is 2.91 bits per heavy atom. The number of nitrogens with one attached hydrogen (secondary N) is 2. The predicted octanol–water partition coefficient (Wildman–Crippen LogP) is 2.00. The summed E-state index contributed by atoms with van der Waals surface area (Å²) in [4.78, 5) is 12.2. The van der Waals surface area contributed by atoms with E-state index in [1.165, 1.54) is 6.26 Å². The van der Waals surface area contributed by atoms with Crippen molar-refractivity contribution in [3.05, 3.63) is 36.1 Å². The first-order chi connectivity index (χ1) is 11.2. The molecule has 2 aromatic rings. The average molecular weight is 307 g/mol. The molecule has 0 bridgehead atoms. The van der Waals surface area contributed by atoms with E-state index in [0.29, 0.717) is 35.3 Å². The Morgan fingerprint density at radius 2 is 2.17 bits per heavy atom. The van der Waals surface area contributed by atoms with Crippen LogP contribution in [0.5, 0.6) is 0 Å². The normalized spacial score (nSPS) is 19.0. The van der Waals surface area contributed by atoms with E-state index in [2.05, 4.69) is 21.9 Å². The molecule has 0 saturated heterocycles. The largest absolute Gasteiger partial charge is 0.362 e. The van der Waals surface area contributed by atoms with Crippen molar-refractivity contribution < 1.29 is 9.32 Å². The third-order valence-corrected chi connectivity index (χ3v) is 3.87. The highest BCUT2D eigenvalue weighted by Crippen LogP contribution is 2.31. The van der Waals surface area contributed by atoms with Crippen molar-refractivity contribution >= 4 is 11.6 Å². The van der Waals surface area contributed by atoms with Gasteiger partial charge in [0, 0.05) is 17.5 Å². The summed E-state index contributed by atoms with van der Waals surface area (Å²) < 4.78 is 4.96. The molecular formula is C16H13N5O2. The van der Waals surface area contributed by atoms with E-state index >= 15 is 0 Å². The highest BCUT2D eigenvalue weighted by atomic mass is 16.5. The van der Waals surface area contributed by atoms with E-state index in [4.69, 9.17) is 15.0 Å². The molecule has 23 heavy (non-hydrogen) atoms. The number of benzene rings is 1. The zero-order valence-corrected chi connectivity index (χ0v) is 12.1. The Hall–Kier alpha value is -3.32. The highest BCUT2D eigenvalue weighted by molar-refractivity contribution is 5.96. The van der Waals surface area contributed by atoms with Gasteiger partial charge >= 0.3 is 0 Å². The summed E-state index contributed by atoms with van der Waals surface area (Å²) >= 11 is 0. The van der Waals surface area contributed by atoms with Gasteiger partial charge in [-0.3, -0.25) is 4.79 Å². The Bertz CT molecular complexity index is 808. The Balaban J connectivity index is 1.71. The van der Waals surface area contributed by atoms with E-state index in [0.717, 1.165) is 0 Å². The molecule has 0 aliphatic heterocycles. The second-order valence-corrected chi connectivity index (χ2v) is 5.38. The van der Waals surface area contributed by atoms with Gasteiger partial charge in [-0.2, -0.15) is 10.5 Å². The number of amides is 1. The number of anilines is 1. The van der Waals surface area contributed by atoms with Crippen LogP contribution in [-0.4, -0.2) is 17.1 Å². The molecule has 114 valence electrons. The van der Waals surface area contributed by atoms with Gasteiger partial charge in [0.1, 0.15) is 17.6 Å². The number of carbonyl (C=O) groups excluding carboxylic acids is 1. The van der Waals surface area contributed by atoms with Crippen LogP contribution in [0.1, 0.15) is 18.4 Å². The first-order valence-electron chi connectivity index (χ1n) is 7.11. The van der Waals surface area contributed by atoms with Crippen molar-refractivity contribution in [3.63, 3.8) is 0 Å². The molecule has 1 fully saturated rings. The Kier molecular flexibility index (Phi) is 3.94. The fraction of sp³-hybridized carbons (Fsp3) is 0.250. The maximum atomic E-state index is 12.2. The van der Waals surface area contributed by atoms with Crippen molar-refractivity contribution in [1.29, 1.82) is 10.5 Å². The van der Waals surface area contributed by atoms with Gasteiger partial charge < -0.3 is 15.2 Å². The number of carbonyl (C=O) groups is 1. The smallest absolute Gasteiger partial charge is 0.227 e. The van der Waals surface area contributed by atoms with Crippen molar-refractivity contribution in [1.82, 2.24) is 10.5 Å². The van der Waals surface area contributed by atoms with Crippen LogP contribution in [0.4, 0.5) is 5.69 Å². The molecule has 1 saturated carbocycles. The lowest BCUT2D eigenvalue weighted by Crippen LogP contribution is -2.44. The molecule has 2 N–H and O–H groups in total. The van der Waals surface area contributed by atoms with Crippen LogP contribution in [-0.2, 0) is 4.79 Å². The van der Waals surface area contributed by atoms with E-state index in [1.807, 2.05) is 6.19 Å². The molecular weight excluding hydrogens is 294 g/mol. The Morgan fingerprint density at radius 1 is 1.35 bits per heavy atom. The quantitative estimate of drug-likeness (QED) is 0.659. The molecule has 0 unspecified atom stereocenters. The van der Waals surface area contributed by atoms with E-state index in [1.54, 1.807) is 24.3 Å². The molecule has 7 heteroatoms. The van der Waals surface area contributed by atoms with Gasteiger partial charge in [0.2, 0.25) is 5.91 Å². The fourth-order valence-corrected chi connectivity index (χ4v) is 2.55. The third kappa shape index (κ3) is 2.99. The minimum atomic E-state index is -0.131. The van der Waals surface area contributed by atoms with Crippen LogP contribution in [0.3, 0.4) is 0 Å². The standard InChI is InChI=1S/C16H13N5O2/c17-7-10-2-1-3-11(4-10)15-14(8-23-21-15)20-16(22)12-5-13(6-12)19-9-18/h1-4,8,12-13,19H,5-6H2,(H,20,22). The first-order valence-corrected chi connectivity index (χ1v) is 7.11. The van der Waals surface area contributed by atoms with Gasteiger partial charge in [0.15, 0.2) is 6.19 Å². The fourth-order valence-electron chi connectivity index (χ4n) is 2.55. The lowest BCUT2D eigenvalue weighted by Gasteiger charge is -2.32. The number of nitrogens with zero attached hydrogens (tertiary/aromatic N) is 3. The minimum absolute atomic E-state index is 0.0741. The molecule has 1 aliphatic carbocycles. The van der Waals surface area contributed by atoms with Crippen LogP contribution in [0.2, 0.25) is 0 Å². The molecule has 1 aliphatic rings. The van der Waals surface area contributed by atoms with Gasteiger partial charge in [-0.1, -0.05) is 17.3 Å². The van der Waals surface area contributed by atoms with E-state index < -0.39 is 0 Å². The second kappa shape index (κ2) is 6.20. The van der Waals surface area contributed by atoms with Gasteiger partial charge in [-0.05, 0) is 25.0 Å². The molecule has 1 aromatic carbocycles. The maximum Gasteiger partial charge on any atom is 0.227 e. The van der Waals surface area contributed by atoms with Gasteiger partial charge in [0.25, 0.3) is 0 Å². The highest BCUT2D eigenvalue weighted by Gasteiger charge is 2.34. The zero-order valence-electron chi connectivity index (χ0n) is 12.1. The SMILES string of the molecule is N#CNC1CC(C(=O)Nc2conc2-c2cccc(C#N)c2)C1. The molecule has 0 atom stereocenters. The van der Waals surface area contributed by atoms with Gasteiger partial charge in [0.05, 0.1) is 11.6 Å². The number of rotatable bonds is 4. The summed E-state index contributed by atoms with van der Waals surface area (Å²) in [6, 6.07) is 9.06. The number of hydrogen-bond acceptors (Lipinski definition) is 6. The van der Waals surface area contributed by atoms with Crippen LogP contribution >= 0.6 is 0 Å². The van der Waals surface area contributed by atoms with Crippen molar-refractivity contribution in [2.45, 2.75) is 18.9 Å². The third-order valence-electron chi connectivity index (χ3n) is 3.87. The topological polar surface area (TPSA) is 115 Å². The van der Waals surface area contributed by atoms with Crippen molar-refractivity contribution in [2.24, 2.45) is 5.92 Å². The summed E-state index contributed by atoms with van der Waals surface area (Å²) in [7, 11) is 0. The van der Waals surface area contributed by atoms with Crippen LogP contribution in [0, 0.1) is 28.7 Å². The summed E-state index contributed by atoms with van der Waals surface area (Å²) in [5, 5.41) is 26.8. The Labute approximate surface area is 132 Å². The lowest BCUT2D eigenvalue weighted by atomic mass is 9.79. The number of nitriles is 2. The maximum absolute atomic E-state index is 12.2. The van der Waals surface area contributed by atoms with Crippen molar-refractivity contribution in [2.75, 3.05) is 5.32 Å². The van der Waals surface area contributed by atoms with E-state index in [-0.39, 0.29) is 17.9 Å². The van der Waals surface area contributed by atoms with Crippen LogP contribution in [0.15, 0.2) is 35.1 Å². The summed E-state index contributed by atoms with van der Waals surface area (Å²) in [6.07, 6.45) is 4.51. The molecule has 0 radical (unpaired) electrons. The molecule has 3 rings (SSSR count). The van der Waals surface area contributed by atoms with Gasteiger partial charge in [-0.25, -0.2) is 0 Å². The predicted molar refractivity (Wildman–Crippen MR) is 80.5 cm³/mol. The second-order valence-electron chi connectivity index (χ2n) is 5.38. The lowest BCUT2D eigenvalue weighted by molar-refractivity contribution is -0.122. The average Bonchev–Trinajstić information content (AvgIpc) is 2.98. The van der Waals surface area contributed by atoms with Gasteiger partial charge in [-0.15, -0.1) is 0 Å². The molecule has 1 amide bonds. The van der Waals surface area contributed by atoms with Crippen molar-refractivity contribution in [3.8, 4) is 23.5 Å². The molecule has 1 aromatic heterocycles. The zero-order chi connectivity index (χ0) is 16.2. The number of aromatic nitrogens is 1. The van der Waals surface area contributed by atoms with Crippen LogP contribution < -0.4 is 10.6 Å². The molecule has 0 spiro atoms. The summed E-state index contributed by atoms with van der Waals surface area (Å²) in [6.45, 7) is 0. The number of hydrogen-bond donors (Lipinski definition) is 2. The summed E-state index contributed by atoms with van der Waals surface area (Å²) in [5.41, 5.74) is 2.17.